The standard InChI is InChI=1S/C10H15BF3NO3/c1-6-4-15(2)5-9(16)18-11(17-6)8-3-7(8)10(12,13)14/h6-8H,3-5H2,1-2H3/t6?,7-,8?/m0/s1. The predicted molar refractivity (Wildman–Crippen MR) is 57.8 cm³/mol. The lowest BCUT2D eigenvalue weighted by Crippen LogP contribution is -2.44. The predicted octanol–water partition coefficient (Wildman–Crippen LogP) is 1.32. The van der Waals surface area contributed by atoms with Crippen molar-refractivity contribution in [2.45, 2.75) is 31.4 Å². The van der Waals surface area contributed by atoms with Crippen LogP contribution in [0.3, 0.4) is 0 Å². The van der Waals surface area contributed by atoms with E-state index in [2.05, 4.69) is 0 Å². The smallest absolute Gasteiger partial charge is 0.508 e. The van der Waals surface area contributed by atoms with Crippen LogP contribution in [0.4, 0.5) is 13.2 Å². The van der Waals surface area contributed by atoms with Gasteiger partial charge < -0.3 is 9.31 Å². The van der Waals surface area contributed by atoms with E-state index in [0.29, 0.717) is 6.54 Å². The van der Waals surface area contributed by atoms with Crippen molar-refractivity contribution in [3.63, 3.8) is 0 Å². The summed E-state index contributed by atoms with van der Waals surface area (Å²) in [7, 11) is 0.671. The van der Waals surface area contributed by atoms with E-state index in [1.165, 1.54) is 0 Å². The molecule has 0 amide bonds. The van der Waals surface area contributed by atoms with Gasteiger partial charge in [-0.15, -0.1) is 0 Å². The Morgan fingerprint density at radius 3 is 2.67 bits per heavy atom. The molecule has 1 aliphatic heterocycles. The molecule has 1 heterocycles. The first-order chi connectivity index (χ1) is 8.27. The fraction of sp³-hybridized carbons (Fsp3) is 0.900. The zero-order chi connectivity index (χ0) is 13.5. The molecule has 2 fully saturated rings. The third-order valence-corrected chi connectivity index (χ3v) is 3.19. The maximum atomic E-state index is 12.5. The lowest BCUT2D eigenvalue weighted by molar-refractivity contribution is -0.149. The van der Waals surface area contributed by atoms with Gasteiger partial charge in [-0.2, -0.15) is 13.2 Å². The maximum absolute atomic E-state index is 12.5. The van der Waals surface area contributed by atoms with Gasteiger partial charge in [-0.25, -0.2) is 0 Å². The van der Waals surface area contributed by atoms with Crippen LogP contribution in [0.15, 0.2) is 0 Å². The number of hydrogen-bond donors (Lipinski definition) is 0. The fourth-order valence-electron chi connectivity index (χ4n) is 2.27. The Bertz CT molecular complexity index is 339. The second kappa shape index (κ2) is 4.73. The normalized spacial score (nSPS) is 34.8. The van der Waals surface area contributed by atoms with Crippen LogP contribution in [0.2, 0.25) is 5.82 Å². The number of hydrogen-bond acceptors (Lipinski definition) is 4. The summed E-state index contributed by atoms with van der Waals surface area (Å²) in [5, 5.41) is 0. The number of halogens is 3. The van der Waals surface area contributed by atoms with E-state index >= 15 is 0 Å². The lowest BCUT2D eigenvalue weighted by Gasteiger charge is -2.28. The molecule has 0 aromatic rings. The zero-order valence-corrected chi connectivity index (χ0v) is 10.2. The van der Waals surface area contributed by atoms with Gasteiger partial charge >= 0.3 is 19.3 Å². The minimum Gasteiger partial charge on any atom is -0.508 e. The molecule has 18 heavy (non-hydrogen) atoms. The molecule has 1 aliphatic carbocycles. The van der Waals surface area contributed by atoms with Crippen molar-refractivity contribution in [2.75, 3.05) is 20.1 Å². The van der Waals surface area contributed by atoms with Gasteiger partial charge in [-0.1, -0.05) is 0 Å². The molecule has 8 heteroatoms. The highest BCUT2D eigenvalue weighted by atomic mass is 19.4. The van der Waals surface area contributed by atoms with Crippen LogP contribution < -0.4 is 0 Å². The van der Waals surface area contributed by atoms with Crippen molar-refractivity contribution >= 4 is 13.1 Å². The largest absolute Gasteiger partial charge is 0.531 e. The molecule has 0 spiro atoms. The minimum absolute atomic E-state index is 0.0238. The first kappa shape index (κ1) is 13.7. The van der Waals surface area contributed by atoms with E-state index in [0.717, 1.165) is 0 Å². The number of alkyl halides is 3. The molecule has 1 saturated carbocycles. The summed E-state index contributed by atoms with van der Waals surface area (Å²) in [6.07, 6.45) is -4.52. The molecule has 2 aliphatic rings. The van der Waals surface area contributed by atoms with Crippen molar-refractivity contribution in [3.05, 3.63) is 0 Å². The van der Waals surface area contributed by atoms with Gasteiger partial charge in [0, 0.05) is 12.4 Å². The van der Waals surface area contributed by atoms with E-state index in [9.17, 15) is 18.0 Å². The van der Waals surface area contributed by atoms with Crippen molar-refractivity contribution < 1.29 is 27.3 Å². The van der Waals surface area contributed by atoms with Gasteiger partial charge in [0.1, 0.15) is 0 Å². The van der Waals surface area contributed by atoms with E-state index in [-0.39, 0.29) is 19.1 Å². The number of rotatable bonds is 1. The summed E-state index contributed by atoms with van der Waals surface area (Å²) < 4.78 is 47.8. The summed E-state index contributed by atoms with van der Waals surface area (Å²) in [6.45, 7) is 2.33. The SMILES string of the molecule is CC1CN(C)CC(=O)OB(C2C[C@@H]2C(F)(F)F)O1. The number of likely N-dealkylation sites (N-methyl/N-ethyl adjacent to an activating group) is 1. The van der Waals surface area contributed by atoms with Crippen LogP contribution in [-0.2, 0) is 14.1 Å². The van der Waals surface area contributed by atoms with Gasteiger partial charge in [-0.05, 0) is 20.4 Å². The molecular formula is C10H15BF3NO3. The molecule has 0 aromatic heterocycles. The Balaban J connectivity index is 1.98. The van der Waals surface area contributed by atoms with E-state index in [1.807, 2.05) is 0 Å². The highest BCUT2D eigenvalue weighted by Crippen LogP contribution is 2.56. The molecule has 2 rings (SSSR count). The first-order valence-electron chi connectivity index (χ1n) is 5.87. The van der Waals surface area contributed by atoms with Crippen LogP contribution >= 0.6 is 0 Å². The van der Waals surface area contributed by atoms with Crippen LogP contribution in [0.5, 0.6) is 0 Å². The van der Waals surface area contributed by atoms with Crippen molar-refractivity contribution in [1.82, 2.24) is 4.90 Å². The quantitative estimate of drug-likeness (QED) is 0.670. The van der Waals surface area contributed by atoms with E-state index < -0.39 is 31.0 Å². The average Bonchev–Trinajstić information content (AvgIpc) is 2.91. The van der Waals surface area contributed by atoms with Crippen molar-refractivity contribution in [1.29, 1.82) is 0 Å². The maximum Gasteiger partial charge on any atom is 0.531 e. The van der Waals surface area contributed by atoms with Crippen LogP contribution in [0, 0.1) is 5.92 Å². The Morgan fingerprint density at radius 1 is 1.44 bits per heavy atom. The van der Waals surface area contributed by atoms with Crippen molar-refractivity contribution in [3.8, 4) is 0 Å². The highest BCUT2D eigenvalue weighted by molar-refractivity contribution is 6.50. The number of carbonyl (C=O) groups is 1. The average molecular weight is 265 g/mol. The Morgan fingerprint density at radius 2 is 2.11 bits per heavy atom. The molecular weight excluding hydrogens is 250 g/mol. The number of nitrogens with zero attached hydrogens (tertiary/aromatic N) is 1. The summed E-state index contributed by atoms with van der Waals surface area (Å²) in [4.78, 5) is 13.1. The fourth-order valence-corrected chi connectivity index (χ4v) is 2.27. The summed E-state index contributed by atoms with van der Waals surface area (Å²) in [5.41, 5.74) is 0. The minimum atomic E-state index is -4.23. The third-order valence-electron chi connectivity index (χ3n) is 3.19. The van der Waals surface area contributed by atoms with E-state index in [1.54, 1.807) is 18.9 Å². The van der Waals surface area contributed by atoms with Gasteiger partial charge in [0.25, 0.3) is 0 Å². The Kier molecular flexibility index (Phi) is 3.59. The van der Waals surface area contributed by atoms with Crippen molar-refractivity contribution in [2.24, 2.45) is 5.92 Å². The summed E-state index contributed by atoms with van der Waals surface area (Å²) in [6, 6.07) is 0. The lowest BCUT2D eigenvalue weighted by atomic mass is 9.79. The van der Waals surface area contributed by atoms with Crippen LogP contribution in [0.25, 0.3) is 0 Å². The highest BCUT2D eigenvalue weighted by Gasteiger charge is 2.63. The second-order valence-electron chi connectivity index (χ2n) is 5.05. The summed E-state index contributed by atoms with van der Waals surface area (Å²) in [5.74, 6) is -2.69. The van der Waals surface area contributed by atoms with Crippen LogP contribution in [-0.4, -0.2) is 50.4 Å². The van der Waals surface area contributed by atoms with Gasteiger partial charge in [0.05, 0.1) is 18.6 Å². The first-order valence-corrected chi connectivity index (χ1v) is 5.87. The molecule has 0 radical (unpaired) electrons. The van der Waals surface area contributed by atoms with Gasteiger partial charge in [0.15, 0.2) is 0 Å². The second-order valence-corrected chi connectivity index (χ2v) is 5.05. The Hall–Kier alpha value is -0.755. The molecule has 2 unspecified atom stereocenters. The van der Waals surface area contributed by atoms with E-state index in [4.69, 9.17) is 9.31 Å². The Labute approximate surface area is 104 Å². The van der Waals surface area contributed by atoms with Gasteiger partial charge in [-0.3, -0.25) is 9.69 Å². The molecule has 0 aromatic carbocycles. The van der Waals surface area contributed by atoms with Gasteiger partial charge in [0.2, 0.25) is 0 Å². The molecule has 1 saturated heterocycles. The zero-order valence-electron chi connectivity index (χ0n) is 10.2. The molecule has 102 valence electrons. The molecule has 0 bridgehead atoms. The molecule has 0 N–H and O–H groups in total. The molecule has 3 atom stereocenters. The summed E-state index contributed by atoms with van der Waals surface area (Å²) >= 11 is 0. The van der Waals surface area contributed by atoms with Crippen LogP contribution in [0.1, 0.15) is 13.3 Å². The molecule has 4 nitrogen and oxygen atoms in total. The monoisotopic (exact) mass is 265 g/mol. The topological polar surface area (TPSA) is 38.8 Å². The number of carbonyl (C=O) groups excluding carboxylic acids is 1. The third kappa shape index (κ3) is 3.17.